The average molecular weight is 364 g/mol. The van der Waals surface area contributed by atoms with Crippen LogP contribution in [0.15, 0.2) is 83.5 Å². The van der Waals surface area contributed by atoms with Gasteiger partial charge in [0.2, 0.25) is 5.71 Å². The first kappa shape index (κ1) is 16.7. The fourth-order valence-electron chi connectivity index (χ4n) is 3.64. The molecule has 0 atom stereocenters. The number of hydrogen-bond donors (Lipinski definition) is 0. The van der Waals surface area contributed by atoms with E-state index in [1.807, 2.05) is 30.5 Å². The van der Waals surface area contributed by atoms with Gasteiger partial charge in [0.25, 0.3) is 0 Å². The maximum absolute atomic E-state index is 6.04. The van der Waals surface area contributed by atoms with Crippen LogP contribution in [0.3, 0.4) is 0 Å². The van der Waals surface area contributed by atoms with Crippen LogP contribution in [0.1, 0.15) is 25.3 Å². The maximum atomic E-state index is 6.04. The molecule has 0 aliphatic heterocycles. The molecule has 0 aliphatic rings. The Bertz CT molecular complexity index is 1280. The van der Waals surface area contributed by atoms with Crippen LogP contribution >= 0.6 is 0 Å². The van der Waals surface area contributed by atoms with E-state index in [-0.39, 0.29) is 0 Å². The Morgan fingerprint density at radius 3 is 2.46 bits per heavy atom. The summed E-state index contributed by atoms with van der Waals surface area (Å²) in [7, 11) is 0. The third-order valence-electron chi connectivity index (χ3n) is 5.20. The number of nitrogens with zero attached hydrogens (tertiary/aromatic N) is 2. The summed E-state index contributed by atoms with van der Waals surface area (Å²) in [4.78, 5) is 9.08. The van der Waals surface area contributed by atoms with Crippen molar-refractivity contribution in [1.29, 1.82) is 0 Å². The van der Waals surface area contributed by atoms with Crippen molar-refractivity contribution >= 4 is 22.1 Å². The van der Waals surface area contributed by atoms with E-state index in [0.29, 0.717) is 11.6 Å². The largest absolute Gasteiger partial charge is 0.437 e. The van der Waals surface area contributed by atoms with Gasteiger partial charge < -0.3 is 4.42 Å². The number of furan rings is 1. The molecule has 0 amide bonds. The molecule has 5 aromatic rings. The standard InChI is InChI=1S/C25H20N2O/c1-16(2)17-6-3-7-18(14-17)19-11-12-23(27-15-19)22-9-4-8-20-21-10-5-13-26-25(21)28-24(20)22/h3-16H,1-2H3. The Balaban J connectivity index is 1.59. The summed E-state index contributed by atoms with van der Waals surface area (Å²) in [5.74, 6) is 0.506. The monoisotopic (exact) mass is 364 g/mol. The molecule has 3 aromatic heterocycles. The van der Waals surface area contributed by atoms with Crippen molar-refractivity contribution < 1.29 is 4.42 Å². The van der Waals surface area contributed by atoms with Crippen molar-refractivity contribution in [2.75, 3.05) is 0 Å². The molecule has 0 fully saturated rings. The highest BCUT2D eigenvalue weighted by molar-refractivity contribution is 6.08. The highest BCUT2D eigenvalue weighted by Gasteiger charge is 2.13. The summed E-state index contributed by atoms with van der Waals surface area (Å²) in [6, 6.07) is 23.0. The predicted molar refractivity (Wildman–Crippen MR) is 114 cm³/mol. The molecule has 3 heteroatoms. The van der Waals surface area contributed by atoms with Crippen molar-refractivity contribution in [3.63, 3.8) is 0 Å². The smallest absolute Gasteiger partial charge is 0.227 e. The van der Waals surface area contributed by atoms with Crippen molar-refractivity contribution in [2.24, 2.45) is 0 Å². The molecule has 0 spiro atoms. The van der Waals surface area contributed by atoms with Gasteiger partial charge in [-0.1, -0.05) is 56.3 Å². The molecule has 0 radical (unpaired) electrons. The number of aromatic nitrogens is 2. The lowest BCUT2D eigenvalue weighted by Gasteiger charge is -2.09. The third-order valence-corrected chi connectivity index (χ3v) is 5.20. The number of pyridine rings is 2. The highest BCUT2D eigenvalue weighted by atomic mass is 16.3. The van der Waals surface area contributed by atoms with Gasteiger partial charge in [-0.05, 0) is 41.3 Å². The minimum atomic E-state index is 0.506. The summed E-state index contributed by atoms with van der Waals surface area (Å²) in [6.45, 7) is 4.42. The van der Waals surface area contributed by atoms with Gasteiger partial charge >= 0.3 is 0 Å². The fraction of sp³-hybridized carbons (Fsp3) is 0.120. The molecule has 3 heterocycles. The topological polar surface area (TPSA) is 38.9 Å². The van der Waals surface area contributed by atoms with Crippen LogP contribution in [0.5, 0.6) is 0 Å². The Morgan fingerprint density at radius 1 is 0.786 bits per heavy atom. The molecule has 136 valence electrons. The van der Waals surface area contributed by atoms with Crippen molar-refractivity contribution in [2.45, 2.75) is 19.8 Å². The van der Waals surface area contributed by atoms with Crippen molar-refractivity contribution in [3.8, 4) is 22.4 Å². The number of fused-ring (bicyclic) bond motifs is 3. The quantitative estimate of drug-likeness (QED) is 0.352. The van der Waals surface area contributed by atoms with Gasteiger partial charge in [-0.2, -0.15) is 0 Å². The van der Waals surface area contributed by atoms with Crippen molar-refractivity contribution in [1.82, 2.24) is 9.97 Å². The zero-order valence-corrected chi connectivity index (χ0v) is 15.9. The van der Waals surface area contributed by atoms with Crippen molar-refractivity contribution in [3.05, 3.63) is 84.7 Å². The van der Waals surface area contributed by atoms with Crippen LogP contribution in [0.25, 0.3) is 44.5 Å². The molecule has 5 rings (SSSR count). The Labute approximate surface area is 163 Å². The lowest BCUT2D eigenvalue weighted by molar-refractivity contribution is 0.655. The molecule has 28 heavy (non-hydrogen) atoms. The first-order chi connectivity index (χ1) is 13.7. The lowest BCUT2D eigenvalue weighted by Crippen LogP contribution is -1.89. The van der Waals surface area contributed by atoms with Gasteiger partial charge in [0, 0.05) is 34.3 Å². The molecule has 0 aliphatic carbocycles. The van der Waals surface area contributed by atoms with Gasteiger partial charge in [-0.25, -0.2) is 4.98 Å². The molecule has 3 nitrogen and oxygen atoms in total. The second-order valence-electron chi connectivity index (χ2n) is 7.35. The van der Waals surface area contributed by atoms with Gasteiger partial charge in [0.05, 0.1) is 5.69 Å². The summed E-state index contributed by atoms with van der Waals surface area (Å²) in [5.41, 5.74) is 7.01. The second-order valence-corrected chi connectivity index (χ2v) is 7.35. The average Bonchev–Trinajstić information content (AvgIpc) is 3.13. The van der Waals surface area contributed by atoms with Crippen LogP contribution in [0, 0.1) is 0 Å². The molecular formula is C25H20N2O. The lowest BCUT2D eigenvalue weighted by atomic mass is 9.98. The Kier molecular flexibility index (Phi) is 3.94. The van der Waals surface area contributed by atoms with Crippen LogP contribution in [0.2, 0.25) is 0 Å². The normalized spacial score (nSPS) is 11.5. The van der Waals surface area contributed by atoms with E-state index in [2.05, 4.69) is 61.3 Å². The highest BCUT2D eigenvalue weighted by Crippen LogP contribution is 2.34. The molecule has 0 saturated heterocycles. The van der Waals surface area contributed by atoms with E-state index in [1.165, 1.54) is 11.1 Å². The number of hydrogen-bond acceptors (Lipinski definition) is 3. The fourth-order valence-corrected chi connectivity index (χ4v) is 3.64. The SMILES string of the molecule is CC(C)c1cccc(-c2ccc(-c3cccc4c3oc3ncccc34)nc2)c1. The molecule has 0 saturated carbocycles. The van der Waals surface area contributed by atoms with E-state index < -0.39 is 0 Å². The van der Waals surface area contributed by atoms with E-state index in [9.17, 15) is 0 Å². The Hall–Kier alpha value is -3.46. The van der Waals surface area contributed by atoms with Crippen LogP contribution in [-0.2, 0) is 0 Å². The first-order valence-corrected chi connectivity index (χ1v) is 9.54. The molecule has 0 unspecified atom stereocenters. The molecular weight excluding hydrogens is 344 g/mol. The van der Waals surface area contributed by atoms with Crippen LogP contribution < -0.4 is 0 Å². The third kappa shape index (κ3) is 2.76. The molecule has 0 N–H and O–H groups in total. The second kappa shape index (κ2) is 6.61. The zero-order chi connectivity index (χ0) is 19.1. The Morgan fingerprint density at radius 2 is 1.64 bits per heavy atom. The van der Waals surface area contributed by atoms with Gasteiger partial charge in [0.1, 0.15) is 5.58 Å². The van der Waals surface area contributed by atoms with Gasteiger partial charge in [0.15, 0.2) is 0 Å². The summed E-state index contributed by atoms with van der Waals surface area (Å²) in [5, 5.41) is 2.09. The minimum absolute atomic E-state index is 0.506. The predicted octanol–water partition coefficient (Wildman–Crippen LogP) is 6.83. The molecule has 2 aromatic carbocycles. The minimum Gasteiger partial charge on any atom is -0.437 e. The molecule has 0 bridgehead atoms. The van der Waals surface area contributed by atoms with Gasteiger partial charge in [-0.15, -0.1) is 0 Å². The summed E-state index contributed by atoms with van der Waals surface area (Å²) >= 11 is 0. The van der Waals surface area contributed by atoms with E-state index in [4.69, 9.17) is 9.40 Å². The number of benzene rings is 2. The summed E-state index contributed by atoms with van der Waals surface area (Å²) in [6.07, 6.45) is 3.69. The summed E-state index contributed by atoms with van der Waals surface area (Å²) < 4.78 is 6.04. The number of rotatable bonds is 3. The van der Waals surface area contributed by atoms with Crippen LogP contribution in [0.4, 0.5) is 0 Å². The van der Waals surface area contributed by atoms with E-state index in [1.54, 1.807) is 6.20 Å². The number of para-hydroxylation sites is 1. The van der Waals surface area contributed by atoms with Gasteiger partial charge in [-0.3, -0.25) is 4.98 Å². The van der Waals surface area contributed by atoms with E-state index >= 15 is 0 Å². The van der Waals surface area contributed by atoms with E-state index in [0.717, 1.165) is 33.2 Å². The first-order valence-electron chi connectivity index (χ1n) is 9.54. The maximum Gasteiger partial charge on any atom is 0.227 e. The zero-order valence-electron chi connectivity index (χ0n) is 15.9. The van der Waals surface area contributed by atoms with Crippen LogP contribution in [-0.4, -0.2) is 9.97 Å².